The number of carboxylic acid groups (broad SMARTS) is 1. The molecule has 3 rings (SSSR count). The molecule has 0 bridgehead atoms. The van der Waals surface area contributed by atoms with Crippen LogP contribution in [0.3, 0.4) is 0 Å². The quantitative estimate of drug-likeness (QED) is 0.340. The molecule has 1 unspecified atom stereocenters. The second-order valence-corrected chi connectivity index (χ2v) is 10.9. The molecule has 0 aromatic heterocycles. The first kappa shape index (κ1) is 25.9. The smallest absolute Gasteiger partial charge is 0.324 e. The van der Waals surface area contributed by atoms with Crippen molar-refractivity contribution >= 4 is 36.5 Å². The number of carboxylic acids is 1. The lowest BCUT2D eigenvalue weighted by Gasteiger charge is -2.30. The van der Waals surface area contributed by atoms with Gasteiger partial charge in [-0.1, -0.05) is 58.3 Å². The average molecular weight is 459 g/mol. The Morgan fingerprint density at radius 1 is 0.933 bits per heavy atom. The maximum absolute atomic E-state index is 12.0. The van der Waals surface area contributed by atoms with E-state index in [0.717, 1.165) is 24.9 Å². The summed E-state index contributed by atoms with van der Waals surface area (Å²) in [5, 5.41) is 13.1. The Hall–Kier alpha value is -0.400. The summed E-state index contributed by atoms with van der Waals surface area (Å²) >= 11 is 5.49. The fourth-order valence-corrected chi connectivity index (χ4v) is 6.19. The largest absolute Gasteiger partial charge is 0.480 e. The van der Waals surface area contributed by atoms with Crippen LogP contribution >= 0.6 is 24.6 Å². The van der Waals surface area contributed by atoms with Gasteiger partial charge in [-0.15, -0.1) is 0 Å². The van der Waals surface area contributed by atoms with E-state index in [1.54, 1.807) is 6.92 Å². The van der Waals surface area contributed by atoms with Crippen LogP contribution in [0.15, 0.2) is 0 Å². The number of hydrogen-bond donors (Lipinski definition) is 3. The van der Waals surface area contributed by atoms with Crippen LogP contribution in [-0.2, 0) is 9.59 Å². The van der Waals surface area contributed by atoms with Gasteiger partial charge in [0.2, 0.25) is 5.91 Å². The summed E-state index contributed by atoms with van der Waals surface area (Å²) in [6.45, 7) is 1.55. The van der Waals surface area contributed by atoms with E-state index >= 15 is 0 Å². The Balaban J connectivity index is 0.000000220. The fraction of sp³-hybridized carbons (Fsp3) is 0.913. The SMILES string of the molecule is C1CCC(NC2CCCCC2)CC1.CC(CS)C(=O)N(CC(=O)O)SC1CCCC1. The predicted molar refractivity (Wildman–Crippen MR) is 129 cm³/mol. The molecule has 0 aliphatic heterocycles. The Morgan fingerprint density at radius 3 is 1.83 bits per heavy atom. The van der Waals surface area contributed by atoms with Crippen molar-refractivity contribution in [3.63, 3.8) is 0 Å². The van der Waals surface area contributed by atoms with Gasteiger partial charge in [-0.05, 0) is 50.5 Å². The molecule has 0 saturated heterocycles. The van der Waals surface area contributed by atoms with E-state index in [-0.39, 0.29) is 18.4 Å². The van der Waals surface area contributed by atoms with Crippen molar-refractivity contribution < 1.29 is 14.7 Å². The van der Waals surface area contributed by atoms with E-state index in [0.29, 0.717) is 11.0 Å². The predicted octanol–water partition coefficient (Wildman–Crippen LogP) is 5.30. The number of nitrogens with one attached hydrogen (secondary N) is 1. The average Bonchev–Trinajstić information content (AvgIpc) is 3.27. The minimum absolute atomic E-state index is 0.126. The van der Waals surface area contributed by atoms with Crippen molar-refractivity contribution in [3.8, 4) is 0 Å². The highest BCUT2D eigenvalue weighted by Gasteiger charge is 2.27. The summed E-state index contributed by atoms with van der Waals surface area (Å²) in [6, 6.07) is 1.74. The van der Waals surface area contributed by atoms with Crippen molar-refractivity contribution in [1.82, 2.24) is 9.62 Å². The molecule has 2 N–H and O–H groups in total. The summed E-state index contributed by atoms with van der Waals surface area (Å²) in [5.74, 6) is -0.874. The molecule has 3 aliphatic carbocycles. The summed E-state index contributed by atoms with van der Waals surface area (Å²) in [4.78, 5) is 22.8. The Labute approximate surface area is 193 Å². The van der Waals surface area contributed by atoms with Gasteiger partial charge in [0.1, 0.15) is 6.54 Å². The summed E-state index contributed by atoms with van der Waals surface area (Å²) in [5.41, 5.74) is 0. The van der Waals surface area contributed by atoms with Crippen molar-refractivity contribution in [2.45, 2.75) is 114 Å². The molecule has 174 valence electrons. The monoisotopic (exact) mass is 458 g/mol. The minimum atomic E-state index is -0.963. The lowest BCUT2D eigenvalue weighted by Crippen LogP contribution is -2.40. The van der Waals surface area contributed by atoms with Crippen LogP contribution in [0.1, 0.15) is 96.8 Å². The van der Waals surface area contributed by atoms with Crippen LogP contribution in [0.2, 0.25) is 0 Å². The lowest BCUT2D eigenvalue weighted by atomic mass is 9.91. The Bertz CT molecular complexity index is 487. The molecule has 1 atom stereocenters. The molecule has 7 heteroatoms. The normalized spacial score (nSPS) is 22.2. The standard InChI is InChI=1S/C12H23N.C11H19NO3S2/c1-3-7-11(8-4-1)13-12-9-5-2-6-10-12;1-8(7-16)11(15)12(6-10(13)14)17-9-4-2-3-5-9/h11-13H,1-10H2;8-9,16H,2-7H2,1H3,(H,13,14). The molecule has 3 aliphatic rings. The number of nitrogens with zero attached hydrogens (tertiary/aromatic N) is 1. The van der Waals surface area contributed by atoms with Crippen LogP contribution < -0.4 is 5.32 Å². The number of amides is 1. The summed E-state index contributed by atoms with van der Waals surface area (Å²) < 4.78 is 1.40. The second kappa shape index (κ2) is 14.6. The van der Waals surface area contributed by atoms with E-state index in [4.69, 9.17) is 5.11 Å². The lowest BCUT2D eigenvalue weighted by molar-refractivity contribution is -0.141. The minimum Gasteiger partial charge on any atom is -0.480 e. The third-order valence-electron chi connectivity index (χ3n) is 6.48. The van der Waals surface area contributed by atoms with Gasteiger partial charge < -0.3 is 10.4 Å². The first-order chi connectivity index (χ1) is 14.5. The topological polar surface area (TPSA) is 69.6 Å². The molecule has 1 amide bonds. The number of carbonyl (C=O) groups excluding carboxylic acids is 1. The van der Waals surface area contributed by atoms with E-state index in [9.17, 15) is 9.59 Å². The highest BCUT2D eigenvalue weighted by molar-refractivity contribution is 7.98. The number of thiol groups is 1. The highest BCUT2D eigenvalue weighted by atomic mass is 32.2. The molecule has 0 aromatic rings. The molecule has 0 aromatic carbocycles. The number of aliphatic carboxylic acids is 1. The van der Waals surface area contributed by atoms with Gasteiger partial charge in [0.15, 0.2) is 0 Å². The molecule has 30 heavy (non-hydrogen) atoms. The third kappa shape index (κ3) is 9.82. The van der Waals surface area contributed by atoms with Crippen LogP contribution in [0.5, 0.6) is 0 Å². The van der Waals surface area contributed by atoms with Gasteiger partial charge in [0.05, 0.1) is 0 Å². The van der Waals surface area contributed by atoms with Crippen LogP contribution in [0, 0.1) is 5.92 Å². The van der Waals surface area contributed by atoms with E-state index < -0.39 is 5.97 Å². The first-order valence-electron chi connectivity index (χ1n) is 12.1. The van der Waals surface area contributed by atoms with Gasteiger partial charge in [0, 0.05) is 29.0 Å². The molecule has 3 saturated carbocycles. The number of carbonyl (C=O) groups is 2. The van der Waals surface area contributed by atoms with Crippen LogP contribution in [0.4, 0.5) is 0 Å². The van der Waals surface area contributed by atoms with Crippen molar-refractivity contribution in [1.29, 1.82) is 0 Å². The highest BCUT2D eigenvalue weighted by Crippen LogP contribution is 2.32. The van der Waals surface area contributed by atoms with Gasteiger partial charge in [-0.2, -0.15) is 12.6 Å². The van der Waals surface area contributed by atoms with Gasteiger partial charge >= 0.3 is 5.97 Å². The van der Waals surface area contributed by atoms with E-state index in [1.165, 1.54) is 93.3 Å². The Kier molecular flexibility index (Phi) is 12.6. The van der Waals surface area contributed by atoms with Crippen LogP contribution in [0.25, 0.3) is 0 Å². The second-order valence-electron chi connectivity index (χ2n) is 9.20. The third-order valence-corrected chi connectivity index (χ3v) is 8.36. The zero-order valence-corrected chi connectivity index (χ0v) is 20.4. The maximum Gasteiger partial charge on any atom is 0.324 e. The molecule has 0 heterocycles. The van der Waals surface area contributed by atoms with E-state index in [2.05, 4.69) is 17.9 Å². The van der Waals surface area contributed by atoms with Crippen molar-refractivity contribution in [2.75, 3.05) is 12.3 Å². The molecule has 3 fully saturated rings. The van der Waals surface area contributed by atoms with E-state index in [1.807, 2.05) is 0 Å². The van der Waals surface area contributed by atoms with Crippen molar-refractivity contribution in [3.05, 3.63) is 0 Å². The first-order valence-corrected chi connectivity index (χ1v) is 13.5. The maximum atomic E-state index is 12.0. The fourth-order valence-electron chi connectivity index (χ4n) is 4.66. The zero-order valence-electron chi connectivity index (χ0n) is 18.7. The molecule has 0 radical (unpaired) electrons. The molecule has 0 spiro atoms. The van der Waals surface area contributed by atoms with Crippen molar-refractivity contribution in [2.24, 2.45) is 5.92 Å². The molecular formula is C23H42N2O3S2. The van der Waals surface area contributed by atoms with Gasteiger partial charge in [0.25, 0.3) is 0 Å². The van der Waals surface area contributed by atoms with Gasteiger partial charge in [-0.25, -0.2) is 0 Å². The number of hydrogen-bond acceptors (Lipinski definition) is 5. The summed E-state index contributed by atoms with van der Waals surface area (Å²) in [7, 11) is 0. The molecular weight excluding hydrogens is 416 g/mol. The zero-order chi connectivity index (χ0) is 21.8. The molecule has 5 nitrogen and oxygen atoms in total. The summed E-state index contributed by atoms with van der Waals surface area (Å²) in [6.07, 6.45) is 19.1. The van der Waals surface area contributed by atoms with Crippen LogP contribution in [-0.4, -0.2) is 50.9 Å². The number of rotatable bonds is 8. The van der Waals surface area contributed by atoms with Gasteiger partial charge in [-0.3, -0.25) is 13.9 Å². The Morgan fingerprint density at radius 2 is 1.40 bits per heavy atom.